The Kier molecular flexibility index (Phi) is 3.26. The Hall–Kier alpha value is -2.90. The zero-order valence-corrected chi connectivity index (χ0v) is 13.1. The monoisotopic (exact) mass is 328 g/mol. The van der Waals surface area contributed by atoms with Crippen LogP contribution >= 0.6 is 0 Å². The number of halogens is 2. The molecule has 0 bridgehead atoms. The third kappa shape index (κ3) is 2.31. The highest BCUT2D eigenvalue weighted by Crippen LogP contribution is 2.27. The van der Waals surface area contributed by atoms with E-state index in [9.17, 15) is 8.78 Å². The van der Waals surface area contributed by atoms with E-state index in [0.29, 0.717) is 22.8 Å². The normalized spacial score (nSPS) is 11.9. The van der Waals surface area contributed by atoms with Crippen LogP contribution in [0.5, 0.6) is 0 Å². The quantitative estimate of drug-likeness (QED) is 0.580. The Labute approximate surface area is 135 Å². The minimum atomic E-state index is -2.45. The maximum absolute atomic E-state index is 12.8. The van der Waals surface area contributed by atoms with Gasteiger partial charge in [-0.1, -0.05) is 0 Å². The smallest absolute Gasteiger partial charge is 0.256 e. The molecule has 0 saturated carbocycles. The molecule has 0 aliphatic heterocycles. The molecule has 4 heterocycles. The Morgan fingerprint density at radius 1 is 1.12 bits per heavy atom. The van der Waals surface area contributed by atoms with Crippen LogP contribution in [0.2, 0.25) is 0 Å². The minimum Gasteiger partial charge on any atom is -0.321 e. The van der Waals surface area contributed by atoms with Crippen LogP contribution in [0, 0.1) is 13.8 Å². The van der Waals surface area contributed by atoms with Crippen molar-refractivity contribution in [3.63, 3.8) is 0 Å². The highest BCUT2D eigenvalue weighted by molar-refractivity contribution is 5.85. The van der Waals surface area contributed by atoms with Crippen molar-refractivity contribution in [2.24, 2.45) is 0 Å². The number of aryl methyl sites for hydroxylation is 2. The summed E-state index contributed by atoms with van der Waals surface area (Å²) < 4.78 is 28.9. The molecule has 0 radical (unpaired) electrons. The molecule has 6 nitrogen and oxygen atoms in total. The van der Waals surface area contributed by atoms with Crippen molar-refractivity contribution in [2.45, 2.75) is 26.8 Å². The van der Waals surface area contributed by atoms with Crippen LogP contribution in [-0.4, -0.2) is 35.6 Å². The van der Waals surface area contributed by atoms with Crippen LogP contribution in [0.3, 0.4) is 0 Å². The van der Waals surface area contributed by atoms with Crippen LogP contribution < -0.4 is 0 Å². The lowest BCUT2D eigenvalue weighted by molar-refractivity contribution is 0.127. The number of imidazole rings is 1. The van der Waals surface area contributed by atoms with Crippen LogP contribution in [0.4, 0.5) is 8.78 Å². The van der Waals surface area contributed by atoms with Gasteiger partial charge in [0.1, 0.15) is 11.6 Å². The van der Waals surface area contributed by atoms with Gasteiger partial charge in [-0.25, -0.2) is 28.2 Å². The molecule has 0 unspecified atom stereocenters. The third-order valence-corrected chi connectivity index (χ3v) is 3.96. The van der Waals surface area contributed by atoms with Crippen LogP contribution in [-0.2, 0) is 6.54 Å². The number of fused-ring (bicyclic) bond motifs is 2. The predicted octanol–water partition coefficient (Wildman–Crippen LogP) is 3.02. The van der Waals surface area contributed by atoms with Crippen LogP contribution in [0.15, 0.2) is 30.7 Å². The van der Waals surface area contributed by atoms with Gasteiger partial charge in [-0.15, -0.1) is 0 Å². The number of hydrogen-bond donors (Lipinski definition) is 0. The summed E-state index contributed by atoms with van der Waals surface area (Å²) in [6.45, 7) is 3.12. The van der Waals surface area contributed by atoms with Crippen molar-refractivity contribution < 1.29 is 8.78 Å². The summed E-state index contributed by atoms with van der Waals surface area (Å²) in [6, 6.07) is 3.74. The summed E-state index contributed by atoms with van der Waals surface area (Å²) in [7, 11) is 0. The largest absolute Gasteiger partial charge is 0.321 e. The summed E-state index contributed by atoms with van der Waals surface area (Å²) >= 11 is 0. The van der Waals surface area contributed by atoms with Crippen molar-refractivity contribution in [1.82, 2.24) is 29.1 Å². The Bertz CT molecular complexity index is 1050. The SMILES string of the molecule is Cc1ncc2c(-c3cnc4nc(C)n(CC(F)F)c4c3)ccn2n1. The molecule has 0 amide bonds. The molecule has 24 heavy (non-hydrogen) atoms. The zero-order chi connectivity index (χ0) is 16.8. The third-order valence-electron chi connectivity index (χ3n) is 3.96. The fourth-order valence-corrected chi connectivity index (χ4v) is 2.86. The highest BCUT2D eigenvalue weighted by atomic mass is 19.3. The van der Waals surface area contributed by atoms with E-state index in [2.05, 4.69) is 20.1 Å². The first kappa shape index (κ1) is 14.7. The molecule has 8 heteroatoms. The Morgan fingerprint density at radius 3 is 2.75 bits per heavy atom. The van der Waals surface area contributed by atoms with E-state index in [4.69, 9.17) is 0 Å². The lowest BCUT2D eigenvalue weighted by atomic mass is 10.1. The molecule has 0 spiro atoms. The van der Waals surface area contributed by atoms with Gasteiger partial charge in [0.05, 0.1) is 23.8 Å². The van der Waals surface area contributed by atoms with E-state index in [-0.39, 0.29) is 0 Å². The average Bonchev–Trinajstić information content (AvgIpc) is 3.08. The van der Waals surface area contributed by atoms with Gasteiger partial charge in [-0.3, -0.25) is 0 Å². The van der Waals surface area contributed by atoms with E-state index in [1.807, 2.05) is 25.3 Å². The zero-order valence-electron chi connectivity index (χ0n) is 13.1. The van der Waals surface area contributed by atoms with E-state index in [1.54, 1.807) is 23.8 Å². The van der Waals surface area contributed by atoms with E-state index in [1.165, 1.54) is 4.57 Å². The first-order valence-corrected chi connectivity index (χ1v) is 7.45. The minimum absolute atomic E-state index is 0.397. The van der Waals surface area contributed by atoms with Gasteiger partial charge in [0.2, 0.25) is 0 Å². The molecule has 0 aliphatic carbocycles. The average molecular weight is 328 g/mol. The molecule has 0 saturated heterocycles. The molecular formula is C16H14F2N6. The molecule has 122 valence electrons. The first-order chi connectivity index (χ1) is 11.5. The highest BCUT2D eigenvalue weighted by Gasteiger charge is 2.15. The molecule has 0 atom stereocenters. The lowest BCUT2D eigenvalue weighted by Crippen LogP contribution is -2.08. The maximum Gasteiger partial charge on any atom is 0.256 e. The summed E-state index contributed by atoms with van der Waals surface area (Å²) in [5, 5.41) is 4.31. The summed E-state index contributed by atoms with van der Waals surface area (Å²) in [6.07, 6.45) is 2.82. The second-order valence-electron chi connectivity index (χ2n) is 5.59. The van der Waals surface area contributed by atoms with Crippen molar-refractivity contribution in [3.8, 4) is 11.1 Å². The lowest BCUT2D eigenvalue weighted by Gasteiger charge is -2.06. The fraction of sp³-hybridized carbons (Fsp3) is 0.250. The fourth-order valence-electron chi connectivity index (χ4n) is 2.86. The number of alkyl halides is 2. The molecular weight excluding hydrogens is 314 g/mol. The van der Waals surface area contributed by atoms with Crippen molar-refractivity contribution in [2.75, 3.05) is 0 Å². The van der Waals surface area contributed by atoms with Gasteiger partial charge < -0.3 is 4.57 Å². The first-order valence-electron chi connectivity index (χ1n) is 7.45. The van der Waals surface area contributed by atoms with Crippen molar-refractivity contribution >= 4 is 16.7 Å². The van der Waals surface area contributed by atoms with Crippen LogP contribution in [0.25, 0.3) is 27.8 Å². The standard InChI is InChI=1S/C16H14F2N6/c1-9-19-7-14-12(3-4-24(14)22-9)11-5-13-16(20-6-11)21-10(2)23(13)8-15(17)18/h3-7,15H,8H2,1-2H3. The molecule has 0 fully saturated rings. The van der Waals surface area contributed by atoms with Gasteiger partial charge >= 0.3 is 0 Å². The van der Waals surface area contributed by atoms with Gasteiger partial charge in [0.15, 0.2) is 5.65 Å². The number of rotatable bonds is 3. The van der Waals surface area contributed by atoms with Crippen molar-refractivity contribution in [1.29, 1.82) is 0 Å². The van der Waals surface area contributed by atoms with E-state index in [0.717, 1.165) is 16.6 Å². The van der Waals surface area contributed by atoms with E-state index < -0.39 is 13.0 Å². The van der Waals surface area contributed by atoms with Gasteiger partial charge in [-0.05, 0) is 26.0 Å². The number of nitrogens with zero attached hydrogens (tertiary/aromatic N) is 6. The van der Waals surface area contributed by atoms with Crippen LogP contribution in [0.1, 0.15) is 11.6 Å². The number of aromatic nitrogens is 6. The van der Waals surface area contributed by atoms with Gasteiger partial charge in [0.25, 0.3) is 6.43 Å². The second kappa shape index (κ2) is 5.33. The number of pyridine rings is 1. The number of hydrogen-bond acceptors (Lipinski definition) is 4. The molecule has 0 N–H and O–H groups in total. The summed E-state index contributed by atoms with van der Waals surface area (Å²) in [5.41, 5.74) is 3.60. The molecule has 4 aromatic heterocycles. The molecule has 4 rings (SSSR count). The maximum atomic E-state index is 12.8. The predicted molar refractivity (Wildman–Crippen MR) is 85.0 cm³/mol. The topological polar surface area (TPSA) is 60.9 Å². The summed E-state index contributed by atoms with van der Waals surface area (Å²) in [4.78, 5) is 12.8. The summed E-state index contributed by atoms with van der Waals surface area (Å²) in [5.74, 6) is 1.19. The van der Waals surface area contributed by atoms with Gasteiger partial charge in [0, 0.05) is 23.5 Å². The second-order valence-corrected chi connectivity index (χ2v) is 5.59. The molecule has 0 aromatic carbocycles. The Balaban J connectivity index is 1.90. The molecule has 0 aliphatic rings. The van der Waals surface area contributed by atoms with Crippen molar-refractivity contribution in [3.05, 3.63) is 42.4 Å². The Morgan fingerprint density at radius 2 is 1.96 bits per heavy atom. The van der Waals surface area contributed by atoms with Gasteiger partial charge in [-0.2, -0.15) is 5.10 Å². The molecule has 4 aromatic rings. The van der Waals surface area contributed by atoms with E-state index >= 15 is 0 Å².